The highest BCUT2D eigenvalue weighted by molar-refractivity contribution is 6.31. The van der Waals surface area contributed by atoms with Gasteiger partial charge in [0.25, 0.3) is 5.91 Å². The van der Waals surface area contributed by atoms with E-state index in [0.717, 1.165) is 0 Å². The number of hydrogen-bond acceptors (Lipinski definition) is 4. The monoisotopic (exact) mass is 341 g/mol. The molecular formula is C17H24ClNO4. The predicted molar refractivity (Wildman–Crippen MR) is 90.0 cm³/mol. The lowest BCUT2D eigenvalue weighted by Crippen LogP contribution is -2.35. The van der Waals surface area contributed by atoms with Gasteiger partial charge in [-0.1, -0.05) is 25.4 Å². The zero-order chi connectivity index (χ0) is 17.5. The van der Waals surface area contributed by atoms with Gasteiger partial charge in [0, 0.05) is 11.6 Å². The van der Waals surface area contributed by atoms with Crippen LogP contribution in [0.2, 0.25) is 5.02 Å². The first-order chi connectivity index (χ1) is 10.8. The van der Waals surface area contributed by atoms with Crippen LogP contribution in [0.3, 0.4) is 0 Å². The molecule has 1 N–H and O–H groups in total. The third-order valence-electron chi connectivity index (χ3n) is 3.14. The number of benzene rings is 1. The molecule has 6 heteroatoms. The molecule has 1 aromatic carbocycles. The number of hydrogen-bond donors (Lipinski definition) is 1. The summed E-state index contributed by atoms with van der Waals surface area (Å²) in [6.07, 6.45) is 0.231. The Morgan fingerprint density at radius 3 is 2.52 bits per heavy atom. The summed E-state index contributed by atoms with van der Waals surface area (Å²) < 4.78 is 10.4. The Hall–Kier alpha value is -1.75. The van der Waals surface area contributed by atoms with E-state index in [9.17, 15) is 9.59 Å². The summed E-state index contributed by atoms with van der Waals surface area (Å²) in [4.78, 5) is 24.0. The smallest absolute Gasteiger partial charge is 0.306 e. The SMILES string of the molecule is CCOC(=O)CC(C)(C)CNC(=O)c1cc(Cl)ccc1OCC. The molecule has 0 fully saturated rings. The molecule has 1 amide bonds. The summed E-state index contributed by atoms with van der Waals surface area (Å²) in [6.45, 7) is 8.54. The first-order valence-corrected chi connectivity index (χ1v) is 8.03. The Labute approximate surface area is 142 Å². The molecule has 0 aromatic heterocycles. The average molecular weight is 342 g/mol. The Balaban J connectivity index is 2.72. The molecule has 5 nitrogen and oxygen atoms in total. The van der Waals surface area contributed by atoms with Crippen LogP contribution in [0.15, 0.2) is 18.2 Å². The molecule has 0 spiro atoms. The predicted octanol–water partition coefficient (Wildman–Crippen LogP) is 3.45. The molecule has 1 aromatic rings. The number of nitrogens with one attached hydrogen (secondary N) is 1. The number of ether oxygens (including phenoxy) is 2. The molecule has 0 heterocycles. The van der Waals surface area contributed by atoms with Crippen LogP contribution in [0.25, 0.3) is 0 Å². The van der Waals surface area contributed by atoms with Gasteiger partial charge >= 0.3 is 5.97 Å². The molecule has 128 valence electrons. The lowest BCUT2D eigenvalue weighted by molar-refractivity contribution is -0.145. The largest absolute Gasteiger partial charge is 0.493 e. The van der Waals surface area contributed by atoms with Crippen LogP contribution in [0.1, 0.15) is 44.5 Å². The van der Waals surface area contributed by atoms with Crippen molar-refractivity contribution >= 4 is 23.5 Å². The number of amides is 1. The number of esters is 1. The average Bonchev–Trinajstić information content (AvgIpc) is 2.46. The van der Waals surface area contributed by atoms with Gasteiger partial charge in [-0.05, 0) is 37.5 Å². The molecule has 0 saturated heterocycles. The van der Waals surface area contributed by atoms with Crippen LogP contribution in [-0.4, -0.2) is 31.6 Å². The fraction of sp³-hybridized carbons (Fsp3) is 0.529. The van der Waals surface area contributed by atoms with Crippen LogP contribution in [0.5, 0.6) is 5.75 Å². The molecular weight excluding hydrogens is 318 g/mol. The summed E-state index contributed by atoms with van der Waals surface area (Å²) in [5, 5.41) is 3.29. The Morgan fingerprint density at radius 1 is 1.22 bits per heavy atom. The molecule has 0 aliphatic heterocycles. The second kappa shape index (κ2) is 8.77. The number of rotatable bonds is 8. The van der Waals surface area contributed by atoms with E-state index in [-0.39, 0.29) is 18.3 Å². The van der Waals surface area contributed by atoms with Crippen molar-refractivity contribution in [2.45, 2.75) is 34.1 Å². The highest BCUT2D eigenvalue weighted by Gasteiger charge is 2.24. The maximum Gasteiger partial charge on any atom is 0.306 e. The zero-order valence-corrected chi connectivity index (χ0v) is 14.8. The van der Waals surface area contributed by atoms with Crippen molar-refractivity contribution in [2.24, 2.45) is 5.41 Å². The van der Waals surface area contributed by atoms with Crippen molar-refractivity contribution in [3.63, 3.8) is 0 Å². The van der Waals surface area contributed by atoms with Gasteiger partial charge in [-0.25, -0.2) is 0 Å². The fourth-order valence-electron chi connectivity index (χ4n) is 2.04. The van der Waals surface area contributed by atoms with Crippen LogP contribution >= 0.6 is 11.6 Å². The minimum absolute atomic E-state index is 0.231. The van der Waals surface area contributed by atoms with E-state index in [1.54, 1.807) is 25.1 Å². The van der Waals surface area contributed by atoms with E-state index < -0.39 is 5.41 Å². The van der Waals surface area contributed by atoms with Gasteiger partial charge in [0.05, 0.1) is 25.2 Å². The quantitative estimate of drug-likeness (QED) is 0.735. The van der Waals surface area contributed by atoms with Gasteiger partial charge in [-0.3, -0.25) is 9.59 Å². The molecule has 0 bridgehead atoms. The highest BCUT2D eigenvalue weighted by atomic mass is 35.5. The summed E-state index contributed by atoms with van der Waals surface area (Å²) in [6, 6.07) is 4.92. The van der Waals surface area contributed by atoms with Crippen molar-refractivity contribution in [1.82, 2.24) is 5.32 Å². The third kappa shape index (κ3) is 6.48. The Morgan fingerprint density at radius 2 is 1.91 bits per heavy atom. The van der Waals surface area contributed by atoms with Crippen molar-refractivity contribution < 1.29 is 19.1 Å². The summed E-state index contributed by atoms with van der Waals surface area (Å²) in [5.74, 6) is -0.0741. The summed E-state index contributed by atoms with van der Waals surface area (Å²) in [5.41, 5.74) is -0.0296. The maximum atomic E-state index is 12.4. The summed E-state index contributed by atoms with van der Waals surface area (Å²) >= 11 is 5.96. The molecule has 0 aliphatic carbocycles. The fourth-order valence-corrected chi connectivity index (χ4v) is 2.21. The van der Waals surface area contributed by atoms with Gasteiger partial charge in [0.1, 0.15) is 5.75 Å². The lowest BCUT2D eigenvalue weighted by Gasteiger charge is -2.24. The van der Waals surface area contributed by atoms with Crippen molar-refractivity contribution in [2.75, 3.05) is 19.8 Å². The molecule has 1 rings (SSSR count). The zero-order valence-electron chi connectivity index (χ0n) is 14.1. The van der Waals surface area contributed by atoms with Gasteiger partial charge in [0.2, 0.25) is 0 Å². The molecule has 0 saturated carbocycles. The van der Waals surface area contributed by atoms with E-state index in [0.29, 0.717) is 36.1 Å². The standard InChI is InChI=1S/C17H24ClNO4/c1-5-22-14-8-7-12(18)9-13(14)16(21)19-11-17(3,4)10-15(20)23-6-2/h7-9H,5-6,10-11H2,1-4H3,(H,19,21). The molecule has 0 aliphatic rings. The van der Waals surface area contributed by atoms with Crippen LogP contribution < -0.4 is 10.1 Å². The first kappa shape index (κ1) is 19.3. The van der Waals surface area contributed by atoms with Crippen LogP contribution in [0.4, 0.5) is 0 Å². The Kier molecular flexibility index (Phi) is 7.36. The van der Waals surface area contributed by atoms with E-state index in [1.165, 1.54) is 0 Å². The normalized spacial score (nSPS) is 11.0. The van der Waals surface area contributed by atoms with E-state index >= 15 is 0 Å². The highest BCUT2D eigenvalue weighted by Crippen LogP contribution is 2.24. The second-order valence-electron chi connectivity index (χ2n) is 5.90. The van der Waals surface area contributed by atoms with Crippen LogP contribution in [0, 0.1) is 5.41 Å². The minimum Gasteiger partial charge on any atom is -0.493 e. The van der Waals surface area contributed by atoms with E-state index in [2.05, 4.69) is 5.32 Å². The second-order valence-corrected chi connectivity index (χ2v) is 6.34. The topological polar surface area (TPSA) is 64.6 Å². The maximum absolute atomic E-state index is 12.4. The number of carbonyl (C=O) groups excluding carboxylic acids is 2. The molecule has 0 radical (unpaired) electrons. The molecule has 0 unspecified atom stereocenters. The lowest BCUT2D eigenvalue weighted by atomic mass is 9.89. The van der Waals surface area contributed by atoms with Gasteiger partial charge in [0.15, 0.2) is 0 Å². The third-order valence-corrected chi connectivity index (χ3v) is 3.38. The van der Waals surface area contributed by atoms with Gasteiger partial charge < -0.3 is 14.8 Å². The minimum atomic E-state index is -0.410. The molecule has 0 atom stereocenters. The molecule has 23 heavy (non-hydrogen) atoms. The van der Waals surface area contributed by atoms with E-state index in [1.807, 2.05) is 20.8 Å². The Bertz CT molecular complexity index is 558. The van der Waals surface area contributed by atoms with Gasteiger partial charge in [-0.15, -0.1) is 0 Å². The van der Waals surface area contributed by atoms with Crippen LogP contribution in [-0.2, 0) is 9.53 Å². The number of carbonyl (C=O) groups is 2. The first-order valence-electron chi connectivity index (χ1n) is 7.65. The summed E-state index contributed by atoms with van der Waals surface area (Å²) in [7, 11) is 0. The van der Waals surface area contributed by atoms with Crippen molar-refractivity contribution in [3.8, 4) is 5.75 Å². The van der Waals surface area contributed by atoms with Crippen molar-refractivity contribution in [3.05, 3.63) is 28.8 Å². The van der Waals surface area contributed by atoms with E-state index in [4.69, 9.17) is 21.1 Å². The number of halogens is 1. The van der Waals surface area contributed by atoms with Gasteiger partial charge in [-0.2, -0.15) is 0 Å². The van der Waals surface area contributed by atoms with Crippen molar-refractivity contribution in [1.29, 1.82) is 0 Å².